The van der Waals surface area contributed by atoms with Crippen LogP contribution in [0.2, 0.25) is 0 Å². The van der Waals surface area contributed by atoms with Gasteiger partial charge in [0.1, 0.15) is 0 Å². The van der Waals surface area contributed by atoms with Gasteiger partial charge in [-0.05, 0) is 31.9 Å². The molecule has 122 valence electrons. The largest absolute Gasteiger partial charge is 0.493 e. The molecule has 0 aromatic heterocycles. The van der Waals surface area contributed by atoms with Gasteiger partial charge in [-0.2, -0.15) is 0 Å². The van der Waals surface area contributed by atoms with E-state index in [1.165, 1.54) is 21.3 Å². The van der Waals surface area contributed by atoms with E-state index in [1.54, 1.807) is 12.1 Å². The zero-order valence-corrected chi connectivity index (χ0v) is 13.5. The molecule has 6 heteroatoms. The molecule has 0 radical (unpaired) electrons. The van der Waals surface area contributed by atoms with E-state index in [4.69, 9.17) is 18.9 Å². The van der Waals surface area contributed by atoms with E-state index >= 15 is 0 Å². The highest BCUT2D eigenvalue weighted by molar-refractivity contribution is 5.95. The van der Waals surface area contributed by atoms with Crippen LogP contribution in [0.15, 0.2) is 12.1 Å². The Kier molecular flexibility index (Phi) is 5.49. The summed E-state index contributed by atoms with van der Waals surface area (Å²) in [5.74, 6) is 1.18. The van der Waals surface area contributed by atoms with E-state index in [0.29, 0.717) is 22.8 Å². The van der Waals surface area contributed by atoms with Crippen LogP contribution >= 0.6 is 0 Å². The Labute approximate surface area is 130 Å². The molecular formula is C16H23NO5. The van der Waals surface area contributed by atoms with E-state index < -0.39 is 0 Å². The Morgan fingerprint density at radius 1 is 1.23 bits per heavy atom. The van der Waals surface area contributed by atoms with Crippen LogP contribution in [-0.4, -0.2) is 46.0 Å². The Hall–Kier alpha value is -1.95. The summed E-state index contributed by atoms with van der Waals surface area (Å²) in [5.41, 5.74) is 0.458. The monoisotopic (exact) mass is 309 g/mol. The van der Waals surface area contributed by atoms with Crippen LogP contribution in [0.5, 0.6) is 17.2 Å². The van der Waals surface area contributed by atoms with E-state index in [2.05, 4.69) is 5.32 Å². The molecule has 0 aliphatic carbocycles. The summed E-state index contributed by atoms with van der Waals surface area (Å²) in [7, 11) is 4.57. The SMILES string of the molecule is COc1cc(C(=O)NC(C)C2CCCO2)cc(OC)c1OC. The first-order valence-electron chi connectivity index (χ1n) is 7.33. The van der Waals surface area contributed by atoms with E-state index in [1.807, 2.05) is 6.92 Å². The standard InChI is InChI=1S/C16H23NO5/c1-10(12-6-5-7-22-12)17-16(18)11-8-13(19-2)15(21-4)14(9-11)20-3/h8-10,12H,5-7H2,1-4H3,(H,17,18). The summed E-state index contributed by atoms with van der Waals surface area (Å²) in [4.78, 5) is 12.4. The number of hydrogen-bond acceptors (Lipinski definition) is 5. The molecule has 1 amide bonds. The van der Waals surface area contributed by atoms with Crippen LogP contribution < -0.4 is 19.5 Å². The number of nitrogens with one attached hydrogen (secondary N) is 1. The molecule has 1 heterocycles. The maximum Gasteiger partial charge on any atom is 0.251 e. The molecular weight excluding hydrogens is 286 g/mol. The van der Waals surface area contributed by atoms with Crippen molar-refractivity contribution < 1.29 is 23.7 Å². The van der Waals surface area contributed by atoms with Crippen molar-refractivity contribution in [1.82, 2.24) is 5.32 Å². The van der Waals surface area contributed by atoms with E-state index in [-0.39, 0.29) is 18.1 Å². The molecule has 1 aromatic rings. The van der Waals surface area contributed by atoms with Gasteiger partial charge in [0.25, 0.3) is 5.91 Å². The first-order chi connectivity index (χ1) is 10.6. The summed E-state index contributed by atoms with van der Waals surface area (Å²) in [6, 6.07) is 3.23. The normalized spacial score (nSPS) is 18.6. The Morgan fingerprint density at radius 2 is 1.86 bits per heavy atom. The van der Waals surface area contributed by atoms with Gasteiger partial charge in [0.05, 0.1) is 33.5 Å². The average molecular weight is 309 g/mol. The fourth-order valence-corrected chi connectivity index (χ4v) is 2.59. The van der Waals surface area contributed by atoms with Gasteiger partial charge in [0.2, 0.25) is 5.75 Å². The van der Waals surface area contributed by atoms with Crippen molar-refractivity contribution in [3.8, 4) is 17.2 Å². The highest BCUT2D eigenvalue weighted by atomic mass is 16.5. The average Bonchev–Trinajstić information content (AvgIpc) is 3.07. The Balaban J connectivity index is 2.18. The van der Waals surface area contributed by atoms with Gasteiger partial charge in [0.15, 0.2) is 11.5 Å². The summed E-state index contributed by atoms with van der Waals surface area (Å²) in [5, 5.41) is 2.96. The smallest absolute Gasteiger partial charge is 0.251 e. The minimum atomic E-state index is -0.192. The van der Waals surface area contributed by atoms with Gasteiger partial charge < -0.3 is 24.3 Å². The topological polar surface area (TPSA) is 66.0 Å². The fraction of sp³-hybridized carbons (Fsp3) is 0.562. The van der Waals surface area contributed by atoms with E-state index in [0.717, 1.165) is 19.4 Å². The minimum absolute atomic E-state index is 0.0471. The van der Waals surface area contributed by atoms with Gasteiger partial charge in [-0.25, -0.2) is 0 Å². The number of ether oxygens (including phenoxy) is 4. The lowest BCUT2D eigenvalue weighted by Crippen LogP contribution is -2.40. The van der Waals surface area contributed by atoms with Crippen molar-refractivity contribution in [1.29, 1.82) is 0 Å². The first kappa shape index (κ1) is 16.4. The number of methoxy groups -OCH3 is 3. The van der Waals surface area contributed by atoms with Crippen molar-refractivity contribution in [2.24, 2.45) is 0 Å². The lowest BCUT2D eigenvalue weighted by Gasteiger charge is -2.20. The fourth-order valence-electron chi connectivity index (χ4n) is 2.59. The molecule has 0 spiro atoms. The molecule has 1 aromatic carbocycles. The molecule has 1 saturated heterocycles. The number of carbonyl (C=O) groups is 1. The zero-order chi connectivity index (χ0) is 16.1. The lowest BCUT2D eigenvalue weighted by molar-refractivity contribution is 0.0712. The van der Waals surface area contributed by atoms with Gasteiger partial charge in [-0.1, -0.05) is 0 Å². The van der Waals surface area contributed by atoms with Crippen molar-refractivity contribution in [2.45, 2.75) is 31.9 Å². The molecule has 0 saturated carbocycles. The number of carbonyl (C=O) groups excluding carboxylic acids is 1. The summed E-state index contributed by atoms with van der Waals surface area (Å²) in [6.07, 6.45) is 2.08. The molecule has 22 heavy (non-hydrogen) atoms. The lowest BCUT2D eigenvalue weighted by atomic mass is 10.1. The molecule has 2 rings (SSSR count). The second-order valence-electron chi connectivity index (χ2n) is 5.23. The number of benzene rings is 1. The highest BCUT2D eigenvalue weighted by Crippen LogP contribution is 2.38. The molecule has 1 aliphatic heterocycles. The maximum absolute atomic E-state index is 12.4. The van der Waals surface area contributed by atoms with Crippen molar-refractivity contribution in [2.75, 3.05) is 27.9 Å². The van der Waals surface area contributed by atoms with Crippen molar-refractivity contribution in [3.63, 3.8) is 0 Å². The Morgan fingerprint density at radius 3 is 2.32 bits per heavy atom. The highest BCUT2D eigenvalue weighted by Gasteiger charge is 2.25. The predicted octanol–water partition coefficient (Wildman–Crippen LogP) is 2.01. The van der Waals surface area contributed by atoms with Gasteiger partial charge in [-0.3, -0.25) is 4.79 Å². The molecule has 2 atom stereocenters. The third-order valence-electron chi connectivity index (χ3n) is 3.81. The van der Waals surface area contributed by atoms with Crippen LogP contribution in [0.3, 0.4) is 0 Å². The second-order valence-corrected chi connectivity index (χ2v) is 5.23. The Bertz CT molecular complexity index is 500. The zero-order valence-electron chi connectivity index (χ0n) is 13.5. The molecule has 1 aliphatic rings. The minimum Gasteiger partial charge on any atom is -0.493 e. The predicted molar refractivity (Wildman–Crippen MR) is 82.0 cm³/mol. The van der Waals surface area contributed by atoms with Crippen LogP contribution in [-0.2, 0) is 4.74 Å². The van der Waals surface area contributed by atoms with Gasteiger partial charge >= 0.3 is 0 Å². The molecule has 0 bridgehead atoms. The summed E-state index contributed by atoms with van der Waals surface area (Å²) in [6.45, 7) is 2.71. The van der Waals surface area contributed by atoms with Crippen LogP contribution in [0.1, 0.15) is 30.1 Å². The van der Waals surface area contributed by atoms with E-state index in [9.17, 15) is 4.79 Å². The molecule has 6 nitrogen and oxygen atoms in total. The summed E-state index contributed by atoms with van der Waals surface area (Å²) < 4.78 is 21.4. The van der Waals surface area contributed by atoms with Crippen LogP contribution in [0.4, 0.5) is 0 Å². The van der Waals surface area contributed by atoms with Crippen LogP contribution in [0, 0.1) is 0 Å². The number of rotatable bonds is 6. The molecule has 1 fully saturated rings. The van der Waals surface area contributed by atoms with Crippen molar-refractivity contribution >= 4 is 5.91 Å². The molecule has 1 N–H and O–H groups in total. The summed E-state index contributed by atoms with van der Waals surface area (Å²) >= 11 is 0. The number of hydrogen-bond donors (Lipinski definition) is 1. The van der Waals surface area contributed by atoms with Gasteiger partial charge in [0, 0.05) is 12.2 Å². The van der Waals surface area contributed by atoms with Crippen molar-refractivity contribution in [3.05, 3.63) is 17.7 Å². The van der Waals surface area contributed by atoms with Gasteiger partial charge in [-0.15, -0.1) is 0 Å². The quantitative estimate of drug-likeness (QED) is 0.871. The third-order valence-corrected chi connectivity index (χ3v) is 3.81. The molecule has 2 unspecified atom stereocenters. The second kappa shape index (κ2) is 7.35. The van der Waals surface area contributed by atoms with Crippen LogP contribution in [0.25, 0.3) is 0 Å². The number of amides is 1. The third kappa shape index (κ3) is 3.44. The first-order valence-corrected chi connectivity index (χ1v) is 7.33. The maximum atomic E-state index is 12.4.